The Balaban J connectivity index is 3.61. The number of allylic oxidation sites excluding steroid dienone is 2. The topological polar surface area (TPSA) is 17.1 Å². The first kappa shape index (κ1) is 15.4. The van der Waals surface area contributed by atoms with Crippen LogP contribution in [0.5, 0.6) is 0 Å². The molecule has 0 aromatic heterocycles. The van der Waals surface area contributed by atoms with Crippen molar-refractivity contribution in [3.05, 3.63) is 11.6 Å². The van der Waals surface area contributed by atoms with Crippen LogP contribution in [0.4, 0.5) is 0 Å². The van der Waals surface area contributed by atoms with E-state index in [9.17, 15) is 4.79 Å². The first-order chi connectivity index (χ1) is 7.57. The van der Waals surface area contributed by atoms with Crippen LogP contribution in [0.1, 0.15) is 72.6 Å². The highest BCUT2D eigenvalue weighted by Gasteiger charge is 2.11. The molecule has 0 amide bonds. The zero-order valence-electron chi connectivity index (χ0n) is 11.5. The van der Waals surface area contributed by atoms with Gasteiger partial charge in [-0.25, -0.2) is 0 Å². The molecule has 0 N–H and O–H groups in total. The SMILES string of the molecule is CCCCCCC(=O)C(C)CCC=C(C)C. The van der Waals surface area contributed by atoms with Crippen LogP contribution in [0.2, 0.25) is 0 Å². The lowest BCUT2D eigenvalue weighted by Crippen LogP contribution is -2.10. The average Bonchev–Trinajstić information content (AvgIpc) is 2.23. The highest BCUT2D eigenvalue weighted by atomic mass is 16.1. The van der Waals surface area contributed by atoms with Gasteiger partial charge in [0, 0.05) is 12.3 Å². The minimum atomic E-state index is 0.247. The van der Waals surface area contributed by atoms with E-state index in [2.05, 4.69) is 33.8 Å². The number of hydrogen-bond acceptors (Lipinski definition) is 1. The van der Waals surface area contributed by atoms with Crippen molar-refractivity contribution in [1.82, 2.24) is 0 Å². The molecule has 1 heteroatoms. The molecule has 1 atom stereocenters. The third-order valence-corrected chi connectivity index (χ3v) is 2.98. The number of carbonyl (C=O) groups is 1. The maximum absolute atomic E-state index is 11.8. The van der Waals surface area contributed by atoms with Crippen molar-refractivity contribution >= 4 is 5.78 Å². The van der Waals surface area contributed by atoms with Crippen molar-refractivity contribution in [2.24, 2.45) is 5.92 Å². The van der Waals surface area contributed by atoms with Gasteiger partial charge in [0.1, 0.15) is 5.78 Å². The lowest BCUT2D eigenvalue weighted by atomic mass is 9.96. The van der Waals surface area contributed by atoms with Crippen LogP contribution in [0.15, 0.2) is 11.6 Å². The van der Waals surface area contributed by atoms with Crippen molar-refractivity contribution in [1.29, 1.82) is 0 Å². The van der Waals surface area contributed by atoms with Crippen LogP contribution in [0.25, 0.3) is 0 Å². The van der Waals surface area contributed by atoms with Crippen LogP contribution in [0, 0.1) is 5.92 Å². The molecule has 0 rings (SSSR count). The molecule has 0 aliphatic carbocycles. The fourth-order valence-corrected chi connectivity index (χ4v) is 1.76. The number of ketones is 1. The Morgan fingerprint density at radius 3 is 2.44 bits per heavy atom. The molecule has 0 spiro atoms. The van der Waals surface area contributed by atoms with Crippen LogP contribution < -0.4 is 0 Å². The highest BCUT2D eigenvalue weighted by molar-refractivity contribution is 5.80. The molecule has 0 fully saturated rings. The van der Waals surface area contributed by atoms with E-state index < -0.39 is 0 Å². The summed E-state index contributed by atoms with van der Waals surface area (Å²) < 4.78 is 0. The van der Waals surface area contributed by atoms with Crippen LogP contribution >= 0.6 is 0 Å². The lowest BCUT2D eigenvalue weighted by Gasteiger charge is -2.08. The standard InChI is InChI=1S/C15H28O/c1-5-6-7-8-12-15(16)14(4)11-9-10-13(2)3/h10,14H,5-9,11-12H2,1-4H3. The van der Waals surface area contributed by atoms with Crippen LogP contribution in [0.3, 0.4) is 0 Å². The van der Waals surface area contributed by atoms with Gasteiger partial charge in [-0.3, -0.25) is 4.79 Å². The number of rotatable bonds is 9. The average molecular weight is 224 g/mol. The summed E-state index contributed by atoms with van der Waals surface area (Å²) in [5, 5.41) is 0. The summed E-state index contributed by atoms with van der Waals surface area (Å²) in [6.45, 7) is 8.49. The molecule has 0 aromatic carbocycles. The van der Waals surface area contributed by atoms with E-state index in [-0.39, 0.29) is 5.92 Å². The molecule has 16 heavy (non-hydrogen) atoms. The van der Waals surface area contributed by atoms with E-state index in [1.807, 2.05) is 0 Å². The van der Waals surface area contributed by atoms with E-state index in [1.54, 1.807) is 0 Å². The van der Waals surface area contributed by atoms with Gasteiger partial charge in [-0.15, -0.1) is 0 Å². The molecular weight excluding hydrogens is 196 g/mol. The van der Waals surface area contributed by atoms with Gasteiger partial charge >= 0.3 is 0 Å². The molecule has 0 aromatic rings. The molecule has 0 saturated heterocycles. The molecule has 94 valence electrons. The largest absolute Gasteiger partial charge is 0.299 e. The van der Waals surface area contributed by atoms with Gasteiger partial charge in [-0.05, 0) is 33.1 Å². The van der Waals surface area contributed by atoms with Gasteiger partial charge < -0.3 is 0 Å². The second-order valence-electron chi connectivity index (χ2n) is 5.04. The fourth-order valence-electron chi connectivity index (χ4n) is 1.76. The maximum Gasteiger partial charge on any atom is 0.135 e. The summed E-state index contributed by atoms with van der Waals surface area (Å²) in [5.41, 5.74) is 1.35. The number of Topliss-reactive ketones (excluding diaryl/α,β-unsaturated/α-hetero) is 1. The zero-order chi connectivity index (χ0) is 12.4. The molecule has 0 aliphatic heterocycles. The zero-order valence-corrected chi connectivity index (χ0v) is 11.5. The van der Waals surface area contributed by atoms with Crippen molar-refractivity contribution in [3.8, 4) is 0 Å². The second kappa shape index (κ2) is 9.62. The Bertz CT molecular complexity index is 211. The molecule has 0 heterocycles. The number of hydrogen-bond donors (Lipinski definition) is 0. The molecule has 1 unspecified atom stereocenters. The summed E-state index contributed by atoms with van der Waals surface area (Å²) in [6, 6.07) is 0. The monoisotopic (exact) mass is 224 g/mol. The Labute approximate surface area is 101 Å². The molecule has 0 aliphatic rings. The van der Waals surface area contributed by atoms with Crippen LogP contribution in [-0.2, 0) is 4.79 Å². The van der Waals surface area contributed by atoms with E-state index in [0.29, 0.717) is 5.78 Å². The predicted molar refractivity (Wildman–Crippen MR) is 71.6 cm³/mol. The number of unbranched alkanes of at least 4 members (excludes halogenated alkanes) is 3. The van der Waals surface area contributed by atoms with Gasteiger partial charge in [-0.2, -0.15) is 0 Å². The maximum atomic E-state index is 11.8. The first-order valence-electron chi connectivity index (χ1n) is 6.74. The molecular formula is C15H28O. The highest BCUT2D eigenvalue weighted by Crippen LogP contribution is 2.13. The molecule has 0 radical (unpaired) electrons. The van der Waals surface area contributed by atoms with Crippen LogP contribution in [-0.4, -0.2) is 5.78 Å². The van der Waals surface area contributed by atoms with Gasteiger partial charge in [0.25, 0.3) is 0 Å². The quantitative estimate of drug-likeness (QED) is 0.402. The summed E-state index contributed by atoms with van der Waals surface area (Å²) in [4.78, 5) is 11.8. The number of carbonyl (C=O) groups excluding carboxylic acids is 1. The van der Waals surface area contributed by atoms with E-state index in [0.717, 1.165) is 25.7 Å². The van der Waals surface area contributed by atoms with Gasteiger partial charge in [0.2, 0.25) is 0 Å². The Kier molecular flexibility index (Phi) is 9.27. The van der Waals surface area contributed by atoms with Crippen molar-refractivity contribution < 1.29 is 4.79 Å². The predicted octanol–water partition coefficient (Wildman–Crippen LogP) is 4.91. The summed E-state index contributed by atoms with van der Waals surface area (Å²) in [7, 11) is 0. The third kappa shape index (κ3) is 8.70. The summed E-state index contributed by atoms with van der Waals surface area (Å²) in [6.07, 6.45) is 9.87. The van der Waals surface area contributed by atoms with Gasteiger partial charge in [-0.1, -0.05) is 44.8 Å². The Morgan fingerprint density at radius 2 is 1.88 bits per heavy atom. The molecule has 0 saturated carbocycles. The van der Waals surface area contributed by atoms with E-state index in [4.69, 9.17) is 0 Å². The molecule has 1 nitrogen and oxygen atoms in total. The normalized spacial score (nSPS) is 12.2. The van der Waals surface area contributed by atoms with E-state index in [1.165, 1.54) is 24.8 Å². The van der Waals surface area contributed by atoms with Crippen molar-refractivity contribution in [3.63, 3.8) is 0 Å². The Morgan fingerprint density at radius 1 is 1.19 bits per heavy atom. The third-order valence-electron chi connectivity index (χ3n) is 2.98. The Hall–Kier alpha value is -0.590. The van der Waals surface area contributed by atoms with E-state index >= 15 is 0 Å². The van der Waals surface area contributed by atoms with Crippen molar-refractivity contribution in [2.45, 2.75) is 72.6 Å². The minimum absolute atomic E-state index is 0.247. The first-order valence-corrected chi connectivity index (χ1v) is 6.74. The minimum Gasteiger partial charge on any atom is -0.299 e. The summed E-state index contributed by atoms with van der Waals surface area (Å²) >= 11 is 0. The van der Waals surface area contributed by atoms with Gasteiger partial charge in [0.05, 0.1) is 0 Å². The fraction of sp³-hybridized carbons (Fsp3) is 0.800. The molecule has 0 bridgehead atoms. The van der Waals surface area contributed by atoms with Crippen molar-refractivity contribution in [2.75, 3.05) is 0 Å². The second-order valence-corrected chi connectivity index (χ2v) is 5.04. The lowest BCUT2D eigenvalue weighted by molar-refractivity contribution is -0.122. The van der Waals surface area contributed by atoms with Gasteiger partial charge in [0.15, 0.2) is 0 Å². The smallest absolute Gasteiger partial charge is 0.135 e. The summed E-state index contributed by atoms with van der Waals surface area (Å²) in [5.74, 6) is 0.704.